The van der Waals surface area contributed by atoms with Crippen molar-refractivity contribution < 1.29 is 22.0 Å². The minimum Gasteiger partial charge on any atom is -0.459 e. The standard InChI is InChI=1S/C22H20N6O5S/c1-14(24-19-15-5-2-3-7-18(15)34(30,31)26-19)21(29)27-8-10-28(11-9-27)22-16(13-23)25-20(33-22)17-6-4-12-32-17/h2-7,12,14H,8-11H2,1H3,(H,24,26)/t14-/m0/s1. The Hall–Kier alpha value is -4.11. The van der Waals surface area contributed by atoms with Gasteiger partial charge in [-0.3, -0.25) is 14.5 Å². The Balaban J connectivity index is 1.27. The lowest BCUT2D eigenvalue weighted by atomic mass is 10.2. The van der Waals surface area contributed by atoms with E-state index in [0.29, 0.717) is 43.4 Å². The van der Waals surface area contributed by atoms with Gasteiger partial charge >= 0.3 is 0 Å². The van der Waals surface area contributed by atoms with Crippen molar-refractivity contribution in [3.05, 3.63) is 53.9 Å². The topological polar surface area (TPSA) is 145 Å². The molecule has 1 saturated heterocycles. The largest absolute Gasteiger partial charge is 0.459 e. The van der Waals surface area contributed by atoms with Gasteiger partial charge in [-0.2, -0.15) is 10.2 Å². The highest BCUT2D eigenvalue weighted by molar-refractivity contribution is 7.90. The molecule has 0 aliphatic carbocycles. The van der Waals surface area contributed by atoms with Gasteiger partial charge in [-0.15, -0.1) is 0 Å². The lowest BCUT2D eigenvalue weighted by Crippen LogP contribution is -2.51. The molecule has 1 N–H and O–H groups in total. The molecule has 1 fully saturated rings. The number of furan rings is 1. The van der Waals surface area contributed by atoms with Crippen LogP contribution in [0, 0.1) is 11.3 Å². The van der Waals surface area contributed by atoms with Gasteiger partial charge in [-0.05, 0) is 31.2 Å². The minimum atomic E-state index is -3.67. The number of piperazine rings is 1. The zero-order chi connectivity index (χ0) is 23.9. The predicted octanol–water partition coefficient (Wildman–Crippen LogP) is 1.58. The molecule has 3 aromatic rings. The van der Waals surface area contributed by atoms with E-state index in [2.05, 4.69) is 14.7 Å². The first kappa shape index (κ1) is 21.7. The number of anilines is 1. The number of aromatic nitrogens is 1. The molecule has 5 rings (SSSR count). The van der Waals surface area contributed by atoms with Gasteiger partial charge in [0.1, 0.15) is 17.9 Å². The summed E-state index contributed by atoms with van der Waals surface area (Å²) in [6.07, 6.45) is 1.50. The molecular formula is C22H20N6O5S. The van der Waals surface area contributed by atoms with Crippen LogP contribution in [0.1, 0.15) is 18.2 Å². The molecule has 1 atom stereocenters. The number of rotatable bonds is 4. The third-order valence-corrected chi connectivity index (χ3v) is 7.07. The molecule has 11 nitrogen and oxygen atoms in total. The summed E-state index contributed by atoms with van der Waals surface area (Å²) in [5, 5.41) is 9.46. The molecule has 2 aromatic heterocycles. The first-order chi connectivity index (χ1) is 16.4. The summed E-state index contributed by atoms with van der Waals surface area (Å²) in [6.45, 7) is 3.28. The van der Waals surface area contributed by atoms with E-state index in [0.717, 1.165) is 0 Å². The van der Waals surface area contributed by atoms with Gasteiger partial charge in [-0.25, -0.2) is 8.42 Å². The number of carbonyl (C=O) groups excluding carboxylic acids is 1. The molecule has 2 aliphatic heterocycles. The first-order valence-corrected chi connectivity index (χ1v) is 12.0. The quantitative estimate of drug-likeness (QED) is 0.592. The van der Waals surface area contributed by atoms with Crippen LogP contribution in [-0.2, 0) is 14.8 Å². The number of hydrogen-bond donors (Lipinski definition) is 1. The lowest BCUT2D eigenvalue weighted by Gasteiger charge is -2.35. The van der Waals surface area contributed by atoms with E-state index >= 15 is 0 Å². The van der Waals surface area contributed by atoms with Crippen molar-refractivity contribution >= 4 is 27.7 Å². The molecule has 0 bridgehead atoms. The second-order valence-electron chi connectivity index (χ2n) is 7.83. The molecule has 0 spiro atoms. The molecule has 1 amide bonds. The van der Waals surface area contributed by atoms with Gasteiger partial charge in [0.2, 0.25) is 17.5 Å². The number of hydrogen-bond acceptors (Lipinski definition) is 9. The number of aliphatic imine (C=N–C) groups is 1. The molecule has 0 saturated carbocycles. The van der Waals surface area contributed by atoms with E-state index in [1.807, 2.05) is 11.0 Å². The van der Waals surface area contributed by atoms with E-state index in [1.165, 1.54) is 12.3 Å². The zero-order valence-corrected chi connectivity index (χ0v) is 18.9. The highest BCUT2D eigenvalue weighted by Gasteiger charge is 2.33. The second kappa shape index (κ2) is 8.35. The smallest absolute Gasteiger partial charge is 0.266 e. The van der Waals surface area contributed by atoms with Crippen LogP contribution in [0.15, 0.2) is 61.4 Å². The van der Waals surface area contributed by atoms with Gasteiger partial charge in [0.25, 0.3) is 15.9 Å². The van der Waals surface area contributed by atoms with E-state index in [-0.39, 0.29) is 28.2 Å². The normalized spacial score (nSPS) is 18.9. The number of fused-ring (bicyclic) bond motifs is 1. The van der Waals surface area contributed by atoms with Crippen LogP contribution < -0.4 is 9.62 Å². The van der Waals surface area contributed by atoms with Gasteiger partial charge in [0.15, 0.2) is 5.76 Å². The number of oxazole rings is 1. The number of sulfonamides is 1. The lowest BCUT2D eigenvalue weighted by molar-refractivity contribution is -0.132. The van der Waals surface area contributed by atoms with Crippen molar-refractivity contribution in [1.29, 1.82) is 5.26 Å². The van der Waals surface area contributed by atoms with Gasteiger partial charge in [0, 0.05) is 31.7 Å². The molecule has 4 heterocycles. The average Bonchev–Trinajstić information content (AvgIpc) is 3.57. The van der Waals surface area contributed by atoms with Crippen LogP contribution in [0.4, 0.5) is 5.88 Å². The van der Waals surface area contributed by atoms with Crippen LogP contribution in [0.3, 0.4) is 0 Å². The highest BCUT2D eigenvalue weighted by atomic mass is 32.2. The number of nitriles is 1. The molecule has 0 radical (unpaired) electrons. The summed E-state index contributed by atoms with van der Waals surface area (Å²) < 4.78 is 38.1. The van der Waals surface area contributed by atoms with Gasteiger partial charge < -0.3 is 18.6 Å². The van der Waals surface area contributed by atoms with Crippen molar-refractivity contribution in [2.75, 3.05) is 31.1 Å². The Labute approximate surface area is 195 Å². The SMILES string of the molecule is C[C@H](N=C1NS(=O)(=O)c2ccccc21)C(=O)N1CCN(c2oc(-c3ccco3)nc2C#N)CC1. The zero-order valence-electron chi connectivity index (χ0n) is 18.1. The summed E-state index contributed by atoms with van der Waals surface area (Å²) in [5.74, 6) is 0.935. The fraction of sp³-hybridized carbons (Fsp3) is 0.273. The molecule has 2 aliphatic rings. The van der Waals surface area contributed by atoms with Crippen LogP contribution in [0.5, 0.6) is 0 Å². The number of nitrogens with one attached hydrogen (secondary N) is 1. The van der Waals surface area contributed by atoms with Crippen LogP contribution >= 0.6 is 0 Å². The second-order valence-corrected chi connectivity index (χ2v) is 9.48. The molecule has 34 heavy (non-hydrogen) atoms. The molecular weight excluding hydrogens is 460 g/mol. The van der Waals surface area contributed by atoms with Crippen molar-refractivity contribution in [3.8, 4) is 17.7 Å². The Morgan fingerprint density at radius 3 is 2.68 bits per heavy atom. The molecule has 1 aromatic carbocycles. The molecule has 0 unspecified atom stereocenters. The fourth-order valence-electron chi connectivity index (χ4n) is 3.98. The Morgan fingerprint density at radius 2 is 1.97 bits per heavy atom. The third kappa shape index (κ3) is 3.80. The number of nitrogens with zero attached hydrogens (tertiary/aromatic N) is 5. The van der Waals surface area contributed by atoms with Crippen molar-refractivity contribution in [1.82, 2.24) is 14.6 Å². The van der Waals surface area contributed by atoms with Crippen LogP contribution in [-0.4, -0.2) is 62.3 Å². The Morgan fingerprint density at radius 1 is 1.21 bits per heavy atom. The van der Waals surface area contributed by atoms with Crippen molar-refractivity contribution in [3.63, 3.8) is 0 Å². The average molecular weight is 481 g/mol. The van der Waals surface area contributed by atoms with Gasteiger partial charge in [0.05, 0.1) is 11.2 Å². The number of amides is 1. The maximum Gasteiger partial charge on any atom is 0.266 e. The summed E-state index contributed by atoms with van der Waals surface area (Å²) in [6, 6.07) is 11.2. The summed E-state index contributed by atoms with van der Waals surface area (Å²) >= 11 is 0. The monoisotopic (exact) mass is 480 g/mol. The van der Waals surface area contributed by atoms with E-state index < -0.39 is 16.1 Å². The van der Waals surface area contributed by atoms with Crippen LogP contribution in [0.2, 0.25) is 0 Å². The Bertz CT molecular complexity index is 1410. The predicted molar refractivity (Wildman–Crippen MR) is 120 cm³/mol. The van der Waals surface area contributed by atoms with E-state index in [4.69, 9.17) is 8.83 Å². The number of carbonyl (C=O) groups is 1. The molecule has 174 valence electrons. The summed E-state index contributed by atoms with van der Waals surface area (Å²) in [7, 11) is -3.67. The number of amidine groups is 1. The van der Waals surface area contributed by atoms with E-state index in [1.54, 1.807) is 42.2 Å². The maximum absolute atomic E-state index is 13.0. The first-order valence-electron chi connectivity index (χ1n) is 10.6. The van der Waals surface area contributed by atoms with Crippen molar-refractivity contribution in [2.45, 2.75) is 17.9 Å². The van der Waals surface area contributed by atoms with Gasteiger partial charge in [-0.1, -0.05) is 12.1 Å². The molecule has 12 heteroatoms. The van der Waals surface area contributed by atoms with Crippen molar-refractivity contribution in [2.24, 2.45) is 4.99 Å². The Kier molecular flexibility index (Phi) is 5.33. The fourth-order valence-corrected chi connectivity index (χ4v) is 5.22. The summed E-state index contributed by atoms with van der Waals surface area (Å²) in [4.78, 5) is 25.2. The highest BCUT2D eigenvalue weighted by Crippen LogP contribution is 2.29. The third-order valence-electron chi connectivity index (χ3n) is 5.67. The minimum absolute atomic E-state index is 0.149. The maximum atomic E-state index is 13.0. The summed E-state index contributed by atoms with van der Waals surface area (Å²) in [5.41, 5.74) is 0.604. The number of benzene rings is 1. The van der Waals surface area contributed by atoms with E-state index in [9.17, 15) is 18.5 Å². The van der Waals surface area contributed by atoms with Crippen LogP contribution in [0.25, 0.3) is 11.7 Å².